The minimum absolute atomic E-state index is 0.0502. The summed E-state index contributed by atoms with van der Waals surface area (Å²) < 4.78 is 0.396. The van der Waals surface area contributed by atoms with E-state index in [4.69, 9.17) is 69.6 Å². The molecule has 0 aliphatic rings. The number of rotatable bonds is 4. The molecule has 2 aromatic heterocycles. The molecule has 0 aliphatic heterocycles. The molecule has 2 heterocycles. The molecule has 3 rings (SSSR count). The van der Waals surface area contributed by atoms with Crippen LogP contribution in [0.3, 0.4) is 0 Å². The Morgan fingerprint density at radius 3 is 1.23 bits per heavy atom. The molecule has 0 unspecified atom stereocenters. The van der Waals surface area contributed by atoms with Crippen LogP contribution in [0.4, 0.5) is 0 Å². The van der Waals surface area contributed by atoms with E-state index in [2.05, 4.69) is 0 Å². The predicted molar refractivity (Wildman–Crippen MR) is 112 cm³/mol. The monoisotopic (exact) mass is 502 g/mol. The smallest absolute Gasteiger partial charge is 0.205 e. The van der Waals surface area contributed by atoms with Crippen LogP contribution in [0.15, 0.2) is 24.3 Å². The summed E-state index contributed by atoms with van der Waals surface area (Å²) in [6.07, 6.45) is 0. The van der Waals surface area contributed by atoms with E-state index in [0.717, 1.165) is 22.7 Å². The molecule has 0 aliphatic carbocycles. The number of carbonyl (C=O) groups is 2. The van der Waals surface area contributed by atoms with Crippen LogP contribution in [-0.4, -0.2) is 11.6 Å². The van der Waals surface area contributed by atoms with Gasteiger partial charge in [0.15, 0.2) is 0 Å². The first-order valence-corrected chi connectivity index (χ1v) is 10.6. The van der Waals surface area contributed by atoms with Gasteiger partial charge < -0.3 is 0 Å². The van der Waals surface area contributed by atoms with Gasteiger partial charge in [-0.25, -0.2) is 0 Å². The third-order valence-corrected chi connectivity index (χ3v) is 8.48. The van der Waals surface area contributed by atoms with Gasteiger partial charge in [-0.05, 0) is 0 Å². The third kappa shape index (κ3) is 3.54. The highest BCUT2D eigenvalue weighted by atomic mass is 35.5. The van der Waals surface area contributed by atoms with Gasteiger partial charge in [-0.15, -0.1) is 22.7 Å². The Morgan fingerprint density at radius 1 is 0.615 bits per heavy atom. The van der Waals surface area contributed by atoms with Crippen molar-refractivity contribution in [3.8, 4) is 0 Å². The summed E-state index contributed by atoms with van der Waals surface area (Å²) in [4.78, 5) is 26.1. The maximum atomic E-state index is 12.9. The first-order valence-electron chi connectivity index (χ1n) is 6.69. The third-order valence-electron chi connectivity index (χ3n) is 3.34. The molecule has 0 saturated carbocycles. The van der Waals surface area contributed by atoms with E-state index in [9.17, 15) is 9.59 Å². The zero-order valence-corrected chi connectivity index (χ0v) is 18.4. The lowest BCUT2D eigenvalue weighted by Crippen LogP contribution is -2.10. The molecule has 0 N–H and O–H groups in total. The van der Waals surface area contributed by atoms with Crippen LogP contribution >= 0.6 is 92.3 Å². The predicted octanol–water partition coefficient (Wildman–Crippen LogP) is 8.19. The minimum atomic E-state index is -0.470. The van der Waals surface area contributed by atoms with Gasteiger partial charge >= 0.3 is 0 Å². The van der Waals surface area contributed by atoms with Crippen molar-refractivity contribution in [1.82, 2.24) is 0 Å². The Bertz CT molecular complexity index is 970. The van der Waals surface area contributed by atoms with Crippen LogP contribution in [0.2, 0.25) is 28.8 Å². The number of ketones is 2. The molecule has 0 amide bonds. The molecule has 2 nitrogen and oxygen atoms in total. The molecule has 1 aromatic carbocycles. The van der Waals surface area contributed by atoms with Crippen LogP contribution in [0.1, 0.15) is 30.5 Å². The van der Waals surface area contributed by atoms with Crippen molar-refractivity contribution in [2.75, 3.05) is 0 Å². The molecule has 0 atom stereocenters. The van der Waals surface area contributed by atoms with E-state index in [-0.39, 0.29) is 49.6 Å². The summed E-state index contributed by atoms with van der Waals surface area (Å²) in [5, 5.41) is 0.305. The molecule has 134 valence electrons. The highest BCUT2D eigenvalue weighted by Gasteiger charge is 2.27. The molecule has 0 spiro atoms. The molecule has 0 radical (unpaired) electrons. The van der Waals surface area contributed by atoms with Gasteiger partial charge in [0.2, 0.25) is 11.6 Å². The molecule has 0 fully saturated rings. The standard InChI is InChI=1S/C16H4Cl6O2S2/c17-7-9(19)15(21)25-13(7)11(23)5-3-1-2-4-6(5)12(24)14-8(18)10(20)16(22)26-14/h1-4H. The molecular formula is C16H4Cl6O2S2. The average Bonchev–Trinajstić information content (AvgIpc) is 3.05. The Labute approximate surface area is 186 Å². The van der Waals surface area contributed by atoms with Gasteiger partial charge in [-0.3, -0.25) is 9.59 Å². The van der Waals surface area contributed by atoms with Gasteiger partial charge in [0.1, 0.15) is 8.67 Å². The van der Waals surface area contributed by atoms with Crippen LogP contribution in [0.5, 0.6) is 0 Å². The van der Waals surface area contributed by atoms with Gasteiger partial charge in [-0.2, -0.15) is 0 Å². The highest BCUT2D eigenvalue weighted by molar-refractivity contribution is 7.20. The normalized spacial score (nSPS) is 11.0. The largest absolute Gasteiger partial charge is 0.288 e. The van der Waals surface area contributed by atoms with Crippen LogP contribution in [0.25, 0.3) is 0 Å². The van der Waals surface area contributed by atoms with E-state index in [1.54, 1.807) is 12.1 Å². The zero-order valence-electron chi connectivity index (χ0n) is 12.2. The van der Waals surface area contributed by atoms with E-state index >= 15 is 0 Å². The number of thiophene rings is 2. The summed E-state index contributed by atoms with van der Waals surface area (Å²) >= 11 is 37.9. The van der Waals surface area contributed by atoms with Crippen LogP contribution < -0.4 is 0 Å². The summed E-state index contributed by atoms with van der Waals surface area (Å²) in [6.45, 7) is 0. The highest BCUT2D eigenvalue weighted by Crippen LogP contribution is 2.43. The van der Waals surface area contributed by atoms with E-state index in [1.165, 1.54) is 12.1 Å². The second-order valence-electron chi connectivity index (χ2n) is 4.87. The van der Waals surface area contributed by atoms with Crippen molar-refractivity contribution < 1.29 is 9.59 Å². The number of halogens is 6. The summed E-state index contributed by atoms with van der Waals surface area (Å²) in [5.41, 5.74) is 0.288. The van der Waals surface area contributed by atoms with Gasteiger partial charge in [-0.1, -0.05) is 93.9 Å². The van der Waals surface area contributed by atoms with Crippen molar-refractivity contribution >= 4 is 104 Å². The Hall–Kier alpha value is -0.300. The van der Waals surface area contributed by atoms with Crippen molar-refractivity contribution in [3.63, 3.8) is 0 Å². The fourth-order valence-electron chi connectivity index (χ4n) is 2.15. The molecule has 0 bridgehead atoms. The second kappa shape index (κ2) is 7.98. The first kappa shape index (κ1) is 20.4. The minimum Gasteiger partial charge on any atom is -0.288 e. The molecular weight excluding hydrogens is 501 g/mol. The number of benzene rings is 1. The number of hydrogen-bond donors (Lipinski definition) is 0. The fourth-order valence-corrected chi connectivity index (χ4v) is 5.66. The molecule has 0 saturated heterocycles. The lowest BCUT2D eigenvalue weighted by molar-refractivity contribution is 0.101. The summed E-state index contributed by atoms with van der Waals surface area (Å²) in [7, 11) is 0. The topological polar surface area (TPSA) is 34.1 Å². The Morgan fingerprint density at radius 2 is 0.962 bits per heavy atom. The molecule has 26 heavy (non-hydrogen) atoms. The van der Waals surface area contributed by atoms with Crippen LogP contribution in [-0.2, 0) is 0 Å². The summed E-state index contributed by atoms with van der Waals surface area (Å²) in [6, 6.07) is 6.28. The Balaban J connectivity index is 2.11. The van der Waals surface area contributed by atoms with Crippen molar-refractivity contribution in [3.05, 3.63) is 73.9 Å². The lowest BCUT2D eigenvalue weighted by Gasteiger charge is -2.07. The average molecular weight is 505 g/mol. The first-order chi connectivity index (χ1) is 12.2. The van der Waals surface area contributed by atoms with Crippen molar-refractivity contribution in [1.29, 1.82) is 0 Å². The molecule has 10 heteroatoms. The van der Waals surface area contributed by atoms with Crippen molar-refractivity contribution in [2.45, 2.75) is 0 Å². The number of hydrogen-bond acceptors (Lipinski definition) is 4. The summed E-state index contributed by atoms with van der Waals surface area (Å²) in [5.74, 6) is -0.940. The van der Waals surface area contributed by atoms with E-state index in [0.29, 0.717) is 0 Å². The maximum absolute atomic E-state index is 12.9. The van der Waals surface area contributed by atoms with Crippen LogP contribution in [0, 0.1) is 0 Å². The second-order valence-corrected chi connectivity index (χ2v) is 9.63. The van der Waals surface area contributed by atoms with E-state index in [1.807, 2.05) is 0 Å². The number of carbonyl (C=O) groups excluding carboxylic acids is 2. The van der Waals surface area contributed by atoms with Crippen molar-refractivity contribution in [2.24, 2.45) is 0 Å². The lowest BCUT2D eigenvalue weighted by atomic mass is 9.98. The van der Waals surface area contributed by atoms with Gasteiger partial charge in [0.05, 0.1) is 29.8 Å². The van der Waals surface area contributed by atoms with E-state index < -0.39 is 11.6 Å². The maximum Gasteiger partial charge on any atom is 0.205 e. The van der Waals surface area contributed by atoms with Gasteiger partial charge in [0, 0.05) is 11.1 Å². The zero-order chi connectivity index (χ0) is 19.2. The quantitative estimate of drug-likeness (QED) is 0.335. The molecule has 3 aromatic rings. The Kier molecular flexibility index (Phi) is 6.27. The fraction of sp³-hybridized carbons (Fsp3) is 0. The SMILES string of the molecule is O=C(c1ccccc1C(=O)c1sc(Cl)c(Cl)c1Cl)c1sc(Cl)c(Cl)c1Cl. The van der Waals surface area contributed by atoms with Gasteiger partial charge in [0.25, 0.3) is 0 Å².